The van der Waals surface area contributed by atoms with Crippen molar-refractivity contribution in [1.82, 2.24) is 0 Å². The van der Waals surface area contributed by atoms with Gasteiger partial charge in [-0.2, -0.15) is 0 Å². The molecule has 9 heteroatoms. The Kier molecular flexibility index (Phi) is 46.8. The molecular weight excluding hydrogens is 839 g/mol. The zero-order chi connectivity index (χ0) is 49.2. The number of quaternary nitrogens is 1. The van der Waals surface area contributed by atoms with Gasteiger partial charge in [0.25, 0.3) is 6.29 Å². The summed E-state index contributed by atoms with van der Waals surface area (Å²) in [5, 5.41) is 9.68. The van der Waals surface area contributed by atoms with E-state index < -0.39 is 24.3 Å². The number of allylic oxidation sites excluding steroid dienone is 12. The lowest BCUT2D eigenvalue weighted by Gasteiger charge is -2.25. The molecule has 67 heavy (non-hydrogen) atoms. The van der Waals surface area contributed by atoms with Crippen molar-refractivity contribution >= 4 is 17.9 Å². The number of carbonyl (C=O) groups excluding carboxylic acids is 2. The second-order valence-electron chi connectivity index (χ2n) is 19.2. The van der Waals surface area contributed by atoms with Crippen molar-refractivity contribution < 1.29 is 42.9 Å². The monoisotopic (exact) mass is 941 g/mol. The van der Waals surface area contributed by atoms with E-state index >= 15 is 0 Å². The maximum atomic E-state index is 12.8. The lowest BCUT2D eigenvalue weighted by molar-refractivity contribution is -0.870. The second kappa shape index (κ2) is 49.2. The summed E-state index contributed by atoms with van der Waals surface area (Å²) in [5.41, 5.74) is 0. The first kappa shape index (κ1) is 63.7. The summed E-state index contributed by atoms with van der Waals surface area (Å²) < 4.78 is 22.8. The van der Waals surface area contributed by atoms with Crippen LogP contribution in [-0.4, -0.2) is 87.4 Å². The highest BCUT2D eigenvalue weighted by atomic mass is 16.7. The molecule has 0 radical (unpaired) electrons. The van der Waals surface area contributed by atoms with Crippen LogP contribution in [0.25, 0.3) is 0 Å². The van der Waals surface area contributed by atoms with Gasteiger partial charge in [-0.3, -0.25) is 9.59 Å². The lowest BCUT2D eigenvalue weighted by atomic mass is 10.0. The Morgan fingerprint density at radius 1 is 0.463 bits per heavy atom. The minimum atomic E-state index is -1.51. The number of nitrogens with zero attached hydrogens (tertiary/aromatic N) is 1. The van der Waals surface area contributed by atoms with Crippen LogP contribution in [0.1, 0.15) is 219 Å². The zero-order valence-corrected chi connectivity index (χ0v) is 43.8. The Hall–Kier alpha value is -3.27. The topological polar surface area (TPSA) is 108 Å². The third-order valence-corrected chi connectivity index (χ3v) is 11.5. The highest BCUT2D eigenvalue weighted by Crippen LogP contribution is 2.15. The molecule has 9 nitrogen and oxygen atoms in total. The van der Waals surface area contributed by atoms with Crippen LogP contribution in [0.4, 0.5) is 0 Å². The molecule has 0 heterocycles. The van der Waals surface area contributed by atoms with E-state index in [2.05, 4.69) is 86.8 Å². The molecule has 0 saturated heterocycles. The number of likely N-dealkylation sites (N-methyl/N-ethyl adjacent to an activating group) is 1. The van der Waals surface area contributed by atoms with Crippen molar-refractivity contribution in [2.75, 3.05) is 47.5 Å². The maximum Gasteiger partial charge on any atom is 0.361 e. The molecule has 0 rings (SSSR count). The fraction of sp³-hybridized carbons (Fsp3) is 0.741. The third-order valence-electron chi connectivity index (χ3n) is 11.5. The number of rotatable bonds is 49. The molecule has 0 aromatic rings. The number of carbonyl (C=O) groups is 3. The summed E-state index contributed by atoms with van der Waals surface area (Å²) in [6.07, 6.45) is 59.6. The van der Waals surface area contributed by atoms with E-state index in [1.54, 1.807) is 0 Å². The minimum Gasteiger partial charge on any atom is -0.477 e. The fourth-order valence-electron chi connectivity index (χ4n) is 7.31. The van der Waals surface area contributed by atoms with E-state index in [4.69, 9.17) is 18.9 Å². The van der Waals surface area contributed by atoms with E-state index in [-0.39, 0.29) is 32.2 Å². The van der Waals surface area contributed by atoms with E-state index in [1.165, 1.54) is 103 Å². The first-order chi connectivity index (χ1) is 32.6. The Balaban J connectivity index is 4.30. The predicted octanol–water partition coefficient (Wildman–Crippen LogP) is 15.5. The summed E-state index contributed by atoms with van der Waals surface area (Å²) in [6.45, 7) is 4.76. The van der Waals surface area contributed by atoms with Crippen LogP contribution in [0.2, 0.25) is 0 Å². The molecular formula is C58H102NO8+. The van der Waals surface area contributed by atoms with E-state index in [1.807, 2.05) is 21.1 Å². The average molecular weight is 941 g/mol. The van der Waals surface area contributed by atoms with Crippen LogP contribution < -0.4 is 0 Å². The largest absolute Gasteiger partial charge is 0.477 e. The highest BCUT2D eigenvalue weighted by Gasteiger charge is 2.25. The maximum absolute atomic E-state index is 12.8. The predicted molar refractivity (Wildman–Crippen MR) is 281 cm³/mol. The Morgan fingerprint density at radius 2 is 0.851 bits per heavy atom. The molecule has 2 atom stereocenters. The molecule has 0 fully saturated rings. The molecule has 0 bridgehead atoms. The number of hydrogen-bond donors (Lipinski definition) is 1. The summed E-state index contributed by atoms with van der Waals surface area (Å²) in [4.78, 5) is 37.3. The van der Waals surface area contributed by atoms with Crippen molar-refractivity contribution in [2.24, 2.45) is 0 Å². The number of carboxylic acid groups (broad SMARTS) is 1. The van der Waals surface area contributed by atoms with Gasteiger partial charge in [-0.05, 0) is 64.2 Å². The molecule has 1 N–H and O–H groups in total. The molecule has 0 aromatic heterocycles. The van der Waals surface area contributed by atoms with E-state index in [0.717, 1.165) is 83.5 Å². The van der Waals surface area contributed by atoms with Gasteiger partial charge in [-0.25, -0.2) is 4.79 Å². The van der Waals surface area contributed by atoms with Gasteiger partial charge in [0.05, 0.1) is 34.4 Å². The fourth-order valence-corrected chi connectivity index (χ4v) is 7.31. The summed E-state index contributed by atoms with van der Waals surface area (Å²) in [6, 6.07) is 0. The van der Waals surface area contributed by atoms with Crippen LogP contribution in [0.15, 0.2) is 72.9 Å². The lowest BCUT2D eigenvalue weighted by Crippen LogP contribution is -2.40. The molecule has 0 aromatic carbocycles. The van der Waals surface area contributed by atoms with Gasteiger partial charge in [0, 0.05) is 12.8 Å². The Morgan fingerprint density at radius 3 is 1.27 bits per heavy atom. The second-order valence-corrected chi connectivity index (χ2v) is 19.2. The number of esters is 2. The number of aliphatic carboxylic acids is 1. The first-order valence-corrected chi connectivity index (χ1v) is 27.1. The number of unbranched alkanes of at least 4 members (excludes halogenated alkanes) is 22. The number of hydrogen-bond acceptors (Lipinski definition) is 7. The molecule has 0 amide bonds. The summed E-state index contributed by atoms with van der Waals surface area (Å²) in [5.74, 6) is -2.01. The quantitative estimate of drug-likeness (QED) is 0.0211. The molecule has 0 aliphatic rings. The van der Waals surface area contributed by atoms with Crippen LogP contribution in [-0.2, 0) is 33.3 Å². The van der Waals surface area contributed by atoms with Gasteiger partial charge >= 0.3 is 17.9 Å². The van der Waals surface area contributed by atoms with Gasteiger partial charge < -0.3 is 28.5 Å². The summed E-state index contributed by atoms with van der Waals surface area (Å²) >= 11 is 0. The van der Waals surface area contributed by atoms with Gasteiger partial charge in [-0.15, -0.1) is 0 Å². The molecule has 0 saturated carbocycles. The summed E-state index contributed by atoms with van der Waals surface area (Å²) in [7, 11) is 5.96. The van der Waals surface area contributed by atoms with Crippen LogP contribution in [0, 0.1) is 0 Å². The molecule has 2 unspecified atom stereocenters. The van der Waals surface area contributed by atoms with Crippen LogP contribution >= 0.6 is 0 Å². The Bertz CT molecular complexity index is 1330. The van der Waals surface area contributed by atoms with Crippen molar-refractivity contribution in [1.29, 1.82) is 0 Å². The zero-order valence-electron chi connectivity index (χ0n) is 43.8. The minimum absolute atomic E-state index is 0.184. The SMILES string of the molecule is CC/C=C\C/C=C\C/C=C\C/C=C\C/C=C\C/C=C\CCCCCCCCCCC(=O)OC(COC(=O)CCCCCCCCCCCCCCCCC)COC(OCC[N+](C)(C)C)C(=O)O. The van der Waals surface area contributed by atoms with E-state index in [9.17, 15) is 19.5 Å². The van der Waals surface area contributed by atoms with Crippen molar-refractivity contribution in [3.63, 3.8) is 0 Å². The van der Waals surface area contributed by atoms with E-state index in [0.29, 0.717) is 23.9 Å². The van der Waals surface area contributed by atoms with Gasteiger partial charge in [0.1, 0.15) is 13.2 Å². The third kappa shape index (κ3) is 50.4. The van der Waals surface area contributed by atoms with Gasteiger partial charge in [0.2, 0.25) is 0 Å². The normalized spacial score (nSPS) is 13.4. The van der Waals surface area contributed by atoms with Crippen molar-refractivity contribution in [2.45, 2.75) is 232 Å². The molecule has 0 spiro atoms. The average Bonchev–Trinajstić information content (AvgIpc) is 3.29. The molecule has 0 aliphatic heterocycles. The first-order valence-electron chi connectivity index (χ1n) is 27.1. The number of carboxylic acids is 1. The smallest absolute Gasteiger partial charge is 0.361 e. The molecule has 0 aliphatic carbocycles. The van der Waals surface area contributed by atoms with Crippen LogP contribution in [0.5, 0.6) is 0 Å². The molecule has 386 valence electrons. The van der Waals surface area contributed by atoms with Gasteiger partial charge in [0.15, 0.2) is 6.10 Å². The van der Waals surface area contributed by atoms with Crippen molar-refractivity contribution in [3.8, 4) is 0 Å². The standard InChI is InChI=1S/C58H101NO8/c1-6-8-10-12-14-16-18-20-22-23-24-25-26-27-28-29-30-31-32-33-35-37-39-41-43-45-47-49-56(61)67-54(53-66-58(57(62)63)64-51-50-59(3,4)5)52-65-55(60)48-46-44-42-40-38-36-34-21-19-17-15-13-11-9-7-2/h8,10,14,16,20,22,24-25,27-28,30-31,54,58H,6-7,9,11-13,15,17-19,21,23,26,29,32-53H2,1-5H3/p+1/b10-8-,16-14-,22-20-,25-24-,28-27-,31-30-. The Labute approximate surface area is 411 Å². The van der Waals surface area contributed by atoms with Gasteiger partial charge in [-0.1, -0.05) is 215 Å². The van der Waals surface area contributed by atoms with Crippen LogP contribution in [0.3, 0.4) is 0 Å². The highest BCUT2D eigenvalue weighted by molar-refractivity contribution is 5.71. The van der Waals surface area contributed by atoms with Crippen molar-refractivity contribution in [3.05, 3.63) is 72.9 Å². The number of ether oxygens (including phenoxy) is 4.